The van der Waals surface area contributed by atoms with Crippen molar-refractivity contribution in [3.05, 3.63) is 29.0 Å². The van der Waals surface area contributed by atoms with Gasteiger partial charge in [-0.1, -0.05) is 24.9 Å². The lowest BCUT2D eigenvalue weighted by Crippen LogP contribution is -2.41. The molecule has 1 aliphatic rings. The number of aromatic nitrogens is 1. The molecule has 2 heterocycles. The van der Waals surface area contributed by atoms with Crippen LogP contribution in [0.1, 0.15) is 36.5 Å². The van der Waals surface area contributed by atoms with Gasteiger partial charge in [0.15, 0.2) is 9.84 Å². The van der Waals surface area contributed by atoms with Crippen LogP contribution in [0.2, 0.25) is 5.15 Å². The summed E-state index contributed by atoms with van der Waals surface area (Å²) in [5.41, 5.74) is 0.454. The molecule has 0 bridgehead atoms. The minimum atomic E-state index is -3.02. The van der Waals surface area contributed by atoms with E-state index < -0.39 is 9.84 Å². The second-order valence-corrected chi connectivity index (χ2v) is 7.89. The number of carbonyl (C=O) groups is 1. The monoisotopic (exact) mass is 330 g/mol. The SMILES string of the molecule is CCCCN(C(=O)c1ccnc(Cl)c1)C1CCS(=O)(=O)C1. The zero-order chi connectivity index (χ0) is 15.5. The molecule has 0 saturated carbocycles. The summed E-state index contributed by atoms with van der Waals surface area (Å²) in [5.74, 6) is 0.0428. The summed E-state index contributed by atoms with van der Waals surface area (Å²) in [6.45, 7) is 2.60. The van der Waals surface area contributed by atoms with Crippen molar-refractivity contribution in [2.24, 2.45) is 0 Å². The van der Waals surface area contributed by atoms with Crippen LogP contribution in [0.3, 0.4) is 0 Å². The van der Waals surface area contributed by atoms with Gasteiger partial charge in [0.2, 0.25) is 0 Å². The molecular formula is C14H19ClN2O3S. The van der Waals surface area contributed by atoms with Crippen LogP contribution >= 0.6 is 11.6 Å². The highest BCUT2D eigenvalue weighted by molar-refractivity contribution is 7.91. The van der Waals surface area contributed by atoms with Crippen molar-refractivity contribution < 1.29 is 13.2 Å². The smallest absolute Gasteiger partial charge is 0.254 e. The molecule has 1 aromatic heterocycles. The molecule has 2 rings (SSSR count). The molecule has 1 atom stereocenters. The minimum absolute atomic E-state index is 0.0568. The summed E-state index contributed by atoms with van der Waals surface area (Å²) in [6, 6.07) is 2.89. The van der Waals surface area contributed by atoms with Gasteiger partial charge in [0.1, 0.15) is 5.15 Å². The predicted molar refractivity (Wildman–Crippen MR) is 82.3 cm³/mol. The molecule has 5 nitrogen and oxygen atoms in total. The largest absolute Gasteiger partial charge is 0.335 e. The third-order valence-electron chi connectivity index (χ3n) is 3.64. The van der Waals surface area contributed by atoms with Gasteiger partial charge in [0.25, 0.3) is 5.91 Å². The quantitative estimate of drug-likeness (QED) is 0.776. The van der Waals surface area contributed by atoms with E-state index in [4.69, 9.17) is 11.6 Å². The highest BCUT2D eigenvalue weighted by atomic mass is 35.5. The second kappa shape index (κ2) is 6.75. The van der Waals surface area contributed by atoms with Crippen molar-refractivity contribution in [2.45, 2.75) is 32.2 Å². The minimum Gasteiger partial charge on any atom is -0.335 e. The molecule has 116 valence electrons. The number of unbranched alkanes of at least 4 members (excludes halogenated alkanes) is 1. The predicted octanol–water partition coefficient (Wildman–Crippen LogP) is 2.16. The van der Waals surface area contributed by atoms with Crippen molar-refractivity contribution in [3.63, 3.8) is 0 Å². The van der Waals surface area contributed by atoms with E-state index >= 15 is 0 Å². The fraction of sp³-hybridized carbons (Fsp3) is 0.571. The second-order valence-electron chi connectivity index (χ2n) is 5.28. The van der Waals surface area contributed by atoms with Crippen LogP contribution in [-0.2, 0) is 9.84 Å². The molecule has 1 fully saturated rings. The van der Waals surface area contributed by atoms with Gasteiger partial charge in [-0.15, -0.1) is 0 Å². The van der Waals surface area contributed by atoms with Gasteiger partial charge >= 0.3 is 0 Å². The molecule has 1 amide bonds. The van der Waals surface area contributed by atoms with E-state index in [0.717, 1.165) is 12.8 Å². The zero-order valence-corrected chi connectivity index (χ0v) is 13.5. The molecule has 1 unspecified atom stereocenters. The first-order valence-corrected chi connectivity index (χ1v) is 9.26. The van der Waals surface area contributed by atoms with Gasteiger partial charge in [-0.05, 0) is 25.0 Å². The van der Waals surface area contributed by atoms with Gasteiger partial charge in [0.05, 0.1) is 11.5 Å². The highest BCUT2D eigenvalue weighted by Crippen LogP contribution is 2.21. The van der Waals surface area contributed by atoms with Crippen LogP contribution in [0.4, 0.5) is 0 Å². The number of nitrogens with zero attached hydrogens (tertiary/aromatic N) is 2. The van der Waals surface area contributed by atoms with E-state index in [1.54, 1.807) is 11.0 Å². The Morgan fingerprint density at radius 1 is 1.52 bits per heavy atom. The van der Waals surface area contributed by atoms with Crippen molar-refractivity contribution in [3.8, 4) is 0 Å². The van der Waals surface area contributed by atoms with Crippen LogP contribution in [0.5, 0.6) is 0 Å². The Bertz CT molecular complexity index is 618. The lowest BCUT2D eigenvalue weighted by Gasteiger charge is -2.28. The molecule has 7 heteroatoms. The maximum absolute atomic E-state index is 12.6. The molecule has 0 spiro atoms. The molecule has 0 aliphatic carbocycles. The topological polar surface area (TPSA) is 67.3 Å². The number of hydrogen-bond donors (Lipinski definition) is 0. The highest BCUT2D eigenvalue weighted by Gasteiger charge is 2.34. The van der Waals surface area contributed by atoms with Crippen LogP contribution in [0.25, 0.3) is 0 Å². The van der Waals surface area contributed by atoms with E-state index in [0.29, 0.717) is 18.5 Å². The Hall–Kier alpha value is -1.14. The normalized spacial score (nSPS) is 20.4. The maximum Gasteiger partial charge on any atom is 0.254 e. The number of rotatable bonds is 5. The first kappa shape index (κ1) is 16.2. The van der Waals surface area contributed by atoms with Gasteiger partial charge in [-0.2, -0.15) is 0 Å². The van der Waals surface area contributed by atoms with Crippen molar-refractivity contribution in [2.75, 3.05) is 18.1 Å². The van der Waals surface area contributed by atoms with Crippen LogP contribution < -0.4 is 0 Å². The number of sulfone groups is 1. The molecular weight excluding hydrogens is 312 g/mol. The summed E-state index contributed by atoms with van der Waals surface area (Å²) in [5, 5.41) is 0.260. The Kier molecular flexibility index (Phi) is 5.22. The van der Waals surface area contributed by atoms with Gasteiger partial charge in [0, 0.05) is 24.3 Å². The molecule has 0 radical (unpaired) electrons. The third kappa shape index (κ3) is 4.17. The first-order chi connectivity index (χ1) is 9.93. The lowest BCUT2D eigenvalue weighted by atomic mass is 10.1. The van der Waals surface area contributed by atoms with E-state index in [-0.39, 0.29) is 28.6 Å². The maximum atomic E-state index is 12.6. The van der Waals surface area contributed by atoms with Crippen LogP contribution in [0, 0.1) is 0 Å². The average molecular weight is 331 g/mol. The Morgan fingerprint density at radius 2 is 2.29 bits per heavy atom. The number of amides is 1. The molecule has 1 aliphatic heterocycles. The summed E-state index contributed by atoms with van der Waals surface area (Å²) >= 11 is 5.83. The number of halogens is 1. The fourth-order valence-corrected chi connectivity index (χ4v) is 4.41. The van der Waals surface area contributed by atoms with Crippen LogP contribution in [0.15, 0.2) is 18.3 Å². The zero-order valence-electron chi connectivity index (χ0n) is 12.0. The molecule has 1 aromatic rings. The Labute approximate surface area is 130 Å². The molecule has 1 saturated heterocycles. The summed E-state index contributed by atoms with van der Waals surface area (Å²) in [7, 11) is -3.02. The fourth-order valence-electron chi connectivity index (χ4n) is 2.50. The Morgan fingerprint density at radius 3 is 2.86 bits per heavy atom. The average Bonchev–Trinajstić information content (AvgIpc) is 2.79. The van der Waals surface area contributed by atoms with E-state index in [1.807, 2.05) is 6.92 Å². The third-order valence-corrected chi connectivity index (χ3v) is 5.59. The first-order valence-electron chi connectivity index (χ1n) is 7.06. The summed E-state index contributed by atoms with van der Waals surface area (Å²) in [4.78, 5) is 18.2. The number of carbonyl (C=O) groups excluding carboxylic acids is 1. The summed E-state index contributed by atoms with van der Waals surface area (Å²) < 4.78 is 23.3. The van der Waals surface area contributed by atoms with E-state index in [1.165, 1.54) is 12.3 Å². The molecule has 0 aromatic carbocycles. The van der Waals surface area contributed by atoms with Gasteiger partial charge in [-0.3, -0.25) is 4.79 Å². The number of hydrogen-bond acceptors (Lipinski definition) is 4. The standard InChI is InChI=1S/C14H19ClN2O3S/c1-2-3-7-17(12-5-8-21(19,20)10-12)14(18)11-4-6-16-13(15)9-11/h4,6,9,12H,2-3,5,7-8,10H2,1H3. The Balaban J connectivity index is 2.21. The lowest BCUT2D eigenvalue weighted by molar-refractivity contribution is 0.0694. The summed E-state index contributed by atoms with van der Waals surface area (Å²) in [6.07, 6.45) is 3.79. The van der Waals surface area contributed by atoms with Crippen LogP contribution in [-0.4, -0.2) is 48.3 Å². The van der Waals surface area contributed by atoms with Crippen molar-refractivity contribution in [1.29, 1.82) is 0 Å². The number of pyridine rings is 1. The molecule has 0 N–H and O–H groups in total. The van der Waals surface area contributed by atoms with Gasteiger partial charge < -0.3 is 4.90 Å². The van der Waals surface area contributed by atoms with Gasteiger partial charge in [-0.25, -0.2) is 13.4 Å². The van der Waals surface area contributed by atoms with Crippen molar-refractivity contribution in [1.82, 2.24) is 9.88 Å². The van der Waals surface area contributed by atoms with E-state index in [9.17, 15) is 13.2 Å². The molecule has 21 heavy (non-hydrogen) atoms. The van der Waals surface area contributed by atoms with Crippen molar-refractivity contribution >= 4 is 27.3 Å². The van der Waals surface area contributed by atoms with E-state index in [2.05, 4.69) is 4.98 Å².